The molecule has 0 bridgehead atoms. The number of imidazole rings is 1. The summed E-state index contributed by atoms with van der Waals surface area (Å²) in [5, 5.41) is 39.1. The molecule has 3 rings (SSSR count). The largest absolute Gasteiger partial charge is 0.492 e. The lowest BCUT2D eigenvalue weighted by molar-refractivity contribution is -0.0664. The molecule has 1 unspecified atom stereocenters. The van der Waals surface area contributed by atoms with Crippen LogP contribution in [0.15, 0.2) is 12.7 Å². The highest BCUT2D eigenvalue weighted by Gasteiger charge is 2.51. The molecular formula is C10H13N4O8P. The molecule has 0 amide bonds. The molecule has 2 aromatic rings. The highest BCUT2D eigenvalue weighted by atomic mass is 31.2. The smallest absolute Gasteiger partial charge is 0.356 e. The minimum absolute atomic E-state index is 0.0109. The number of aromatic nitrogens is 4. The summed E-state index contributed by atoms with van der Waals surface area (Å²) in [7, 11) is -4.96. The Bertz CT molecular complexity index is 777. The van der Waals surface area contributed by atoms with Crippen molar-refractivity contribution in [3.05, 3.63) is 12.7 Å². The summed E-state index contributed by atoms with van der Waals surface area (Å²) in [6.45, 7) is 0. The van der Waals surface area contributed by atoms with Crippen LogP contribution in [-0.4, -0.2) is 73.9 Å². The number of nitrogens with zero attached hydrogens (tertiary/aromatic N) is 4. The van der Waals surface area contributed by atoms with E-state index in [2.05, 4.69) is 15.0 Å². The number of aliphatic hydroxyl groups excluding tert-OH is 3. The van der Waals surface area contributed by atoms with Gasteiger partial charge < -0.3 is 34.9 Å². The fourth-order valence-corrected chi connectivity index (χ4v) is 3.01. The minimum atomic E-state index is -4.96. The van der Waals surface area contributed by atoms with Gasteiger partial charge in [-0.3, -0.25) is 9.13 Å². The van der Waals surface area contributed by atoms with Crippen molar-refractivity contribution in [2.24, 2.45) is 0 Å². The van der Waals surface area contributed by atoms with Crippen molar-refractivity contribution in [1.82, 2.24) is 19.5 Å². The first-order chi connectivity index (χ1) is 10.7. The molecule has 1 saturated heterocycles. The van der Waals surface area contributed by atoms with Crippen molar-refractivity contribution in [3.63, 3.8) is 0 Å². The van der Waals surface area contributed by atoms with E-state index in [1.807, 2.05) is 0 Å². The van der Waals surface area contributed by atoms with Crippen LogP contribution in [0.25, 0.3) is 11.2 Å². The van der Waals surface area contributed by atoms with Crippen LogP contribution >= 0.6 is 7.60 Å². The van der Waals surface area contributed by atoms with Gasteiger partial charge in [-0.05, 0) is 0 Å². The predicted octanol–water partition coefficient (Wildman–Crippen LogP) is -2.35. The summed E-state index contributed by atoms with van der Waals surface area (Å²) in [5.41, 5.74) is 0.0804. The molecule has 1 aliphatic heterocycles. The van der Waals surface area contributed by atoms with Crippen molar-refractivity contribution >= 4 is 18.8 Å². The molecule has 5 atom stereocenters. The van der Waals surface area contributed by atoms with Gasteiger partial charge in [0.05, 0.1) is 6.33 Å². The van der Waals surface area contributed by atoms with Gasteiger partial charge in [0.25, 0.3) is 0 Å². The summed E-state index contributed by atoms with van der Waals surface area (Å²) in [6, 6.07) is 0. The van der Waals surface area contributed by atoms with Gasteiger partial charge in [-0.1, -0.05) is 0 Å². The molecule has 3 heterocycles. The van der Waals surface area contributed by atoms with Crippen LogP contribution in [0.5, 0.6) is 5.88 Å². The highest BCUT2D eigenvalue weighted by Crippen LogP contribution is 2.46. The Labute approximate surface area is 127 Å². The van der Waals surface area contributed by atoms with E-state index in [9.17, 15) is 25.0 Å². The van der Waals surface area contributed by atoms with Gasteiger partial charge in [0, 0.05) is 0 Å². The van der Waals surface area contributed by atoms with Gasteiger partial charge in [-0.2, -0.15) is 4.98 Å². The summed E-state index contributed by atoms with van der Waals surface area (Å²) >= 11 is 0. The zero-order valence-corrected chi connectivity index (χ0v) is 12.2. The number of hydrogen-bond donors (Lipinski definition) is 6. The lowest BCUT2D eigenvalue weighted by Crippen LogP contribution is -2.38. The van der Waals surface area contributed by atoms with Crippen LogP contribution in [0.2, 0.25) is 0 Å². The average molecular weight is 348 g/mol. The van der Waals surface area contributed by atoms with Gasteiger partial charge in [0.1, 0.15) is 24.6 Å². The first kappa shape index (κ1) is 16.2. The maximum absolute atomic E-state index is 11.1. The van der Waals surface area contributed by atoms with E-state index in [1.54, 1.807) is 0 Å². The molecule has 0 aliphatic carbocycles. The van der Waals surface area contributed by atoms with Gasteiger partial charge in [0.15, 0.2) is 23.2 Å². The third-order valence-corrected chi connectivity index (χ3v) is 4.51. The molecule has 0 aromatic carbocycles. The van der Waals surface area contributed by atoms with E-state index in [0.29, 0.717) is 0 Å². The summed E-state index contributed by atoms with van der Waals surface area (Å²) in [6.07, 6.45) is -4.23. The quantitative estimate of drug-likeness (QED) is 0.325. The maximum atomic E-state index is 11.1. The van der Waals surface area contributed by atoms with Crippen molar-refractivity contribution in [3.8, 4) is 5.88 Å². The van der Waals surface area contributed by atoms with E-state index in [-0.39, 0.29) is 11.2 Å². The number of aromatic hydroxyl groups is 1. The molecule has 126 valence electrons. The molecule has 1 aliphatic rings. The van der Waals surface area contributed by atoms with Gasteiger partial charge in [0.2, 0.25) is 5.88 Å². The summed E-state index contributed by atoms with van der Waals surface area (Å²) in [4.78, 5) is 29.2. The van der Waals surface area contributed by atoms with Crippen molar-refractivity contribution < 1.29 is 39.5 Å². The molecule has 23 heavy (non-hydrogen) atoms. The third kappa shape index (κ3) is 2.60. The molecule has 0 saturated carbocycles. The fraction of sp³-hybridized carbons (Fsp3) is 0.500. The average Bonchev–Trinajstić information content (AvgIpc) is 3.02. The maximum Gasteiger partial charge on any atom is 0.356 e. The second kappa shape index (κ2) is 5.46. The Hall–Kier alpha value is -1.66. The van der Waals surface area contributed by atoms with E-state index in [1.165, 1.54) is 0 Å². The zero-order valence-electron chi connectivity index (χ0n) is 11.3. The topological polar surface area (TPSA) is 191 Å². The molecule has 6 N–H and O–H groups in total. The summed E-state index contributed by atoms with van der Waals surface area (Å²) < 4.78 is 17.5. The molecular weight excluding hydrogens is 335 g/mol. The van der Waals surface area contributed by atoms with Crippen LogP contribution in [-0.2, 0) is 9.30 Å². The molecule has 1 fully saturated rings. The van der Waals surface area contributed by atoms with E-state index in [4.69, 9.17) is 14.5 Å². The van der Waals surface area contributed by atoms with E-state index < -0.39 is 43.9 Å². The van der Waals surface area contributed by atoms with Crippen LogP contribution < -0.4 is 0 Å². The van der Waals surface area contributed by atoms with Crippen molar-refractivity contribution in [2.45, 2.75) is 30.4 Å². The first-order valence-corrected chi connectivity index (χ1v) is 8.01. The van der Waals surface area contributed by atoms with Gasteiger partial charge in [-0.25, -0.2) is 9.97 Å². The Morgan fingerprint density at radius 1 is 1.22 bits per heavy atom. The third-order valence-electron chi connectivity index (χ3n) is 3.53. The minimum Gasteiger partial charge on any atom is -0.492 e. The zero-order chi connectivity index (χ0) is 16.9. The Morgan fingerprint density at radius 2 is 1.91 bits per heavy atom. The highest BCUT2D eigenvalue weighted by molar-refractivity contribution is 7.52. The monoisotopic (exact) mass is 348 g/mol. The van der Waals surface area contributed by atoms with Crippen molar-refractivity contribution in [2.75, 3.05) is 0 Å². The van der Waals surface area contributed by atoms with Crippen LogP contribution in [0, 0.1) is 0 Å². The number of rotatable bonds is 3. The van der Waals surface area contributed by atoms with E-state index >= 15 is 0 Å². The lowest BCUT2D eigenvalue weighted by Gasteiger charge is -2.21. The molecule has 13 heteroatoms. The number of hydrogen-bond acceptors (Lipinski definition) is 9. The standard InChI is InChI=1S/C10H13N4O8P/c15-4-5(16)9(22-6(4)10(18)23(19,20)21)14-2-13-3-7(14)11-1-12-8(3)17/h1-2,4-6,9-10,15-16,18H,(H,11,12,17)(H2,19,20,21)/t4-,5+,6-,9+,10?/m0/s1. The second-order valence-corrected chi connectivity index (χ2v) is 6.70. The fourth-order valence-electron chi connectivity index (χ4n) is 2.38. The first-order valence-electron chi connectivity index (χ1n) is 6.33. The Balaban J connectivity index is 1.97. The van der Waals surface area contributed by atoms with Crippen molar-refractivity contribution in [1.29, 1.82) is 0 Å². The molecule has 0 spiro atoms. The normalized spacial score (nSPS) is 30.0. The molecule has 12 nitrogen and oxygen atoms in total. The Morgan fingerprint density at radius 3 is 2.57 bits per heavy atom. The van der Waals surface area contributed by atoms with Gasteiger partial charge >= 0.3 is 7.60 Å². The van der Waals surface area contributed by atoms with Crippen LogP contribution in [0.3, 0.4) is 0 Å². The van der Waals surface area contributed by atoms with Gasteiger partial charge in [-0.15, -0.1) is 0 Å². The van der Waals surface area contributed by atoms with Crippen LogP contribution in [0.1, 0.15) is 6.23 Å². The predicted molar refractivity (Wildman–Crippen MR) is 71.0 cm³/mol. The van der Waals surface area contributed by atoms with Crippen LogP contribution in [0.4, 0.5) is 0 Å². The number of aliphatic hydroxyl groups is 3. The lowest BCUT2D eigenvalue weighted by atomic mass is 10.1. The summed E-state index contributed by atoms with van der Waals surface area (Å²) in [5.74, 6) is -2.72. The number of fused-ring (bicyclic) bond motifs is 1. The molecule has 0 radical (unpaired) electrons. The van der Waals surface area contributed by atoms with E-state index in [0.717, 1.165) is 17.2 Å². The SMILES string of the molecule is O=P(O)(O)C(O)[C@H]1O[C@@H](n2cnc3c(O)ncnc32)[C@H](O)[C@@H]1O. The molecule has 2 aromatic heterocycles. The Kier molecular flexibility index (Phi) is 3.84. The second-order valence-electron chi connectivity index (χ2n) is 5.00. The number of ether oxygens (including phenoxy) is 1.